The summed E-state index contributed by atoms with van der Waals surface area (Å²) < 4.78 is 49.9. The summed E-state index contributed by atoms with van der Waals surface area (Å²) in [7, 11) is 1.26. The number of methoxy groups -OCH3 is 1. The van der Waals surface area contributed by atoms with Crippen molar-refractivity contribution in [2.75, 3.05) is 13.7 Å². The molecule has 0 saturated heterocycles. The fraction of sp³-hybridized carbons (Fsp3) is 0.455. The van der Waals surface area contributed by atoms with Crippen LogP contribution in [0, 0.1) is 6.92 Å². The van der Waals surface area contributed by atoms with Gasteiger partial charge in [-0.15, -0.1) is 13.2 Å². The van der Waals surface area contributed by atoms with Crippen molar-refractivity contribution in [3.63, 3.8) is 0 Å². The summed E-state index contributed by atoms with van der Waals surface area (Å²) in [5.74, 6) is -1.54. The number of alkyl halides is 3. The standard InChI is InChI=1S/C11H12F3NO4/c1-4-18-10(16)7-5-8(17-3)6(2)9(15-7)19-11(12,13)14/h5H,4H2,1-3H3. The third kappa shape index (κ3) is 4.01. The summed E-state index contributed by atoms with van der Waals surface area (Å²) in [4.78, 5) is 15.0. The van der Waals surface area contributed by atoms with Gasteiger partial charge in [0.1, 0.15) is 5.75 Å². The molecule has 5 nitrogen and oxygen atoms in total. The van der Waals surface area contributed by atoms with Crippen molar-refractivity contribution in [1.82, 2.24) is 4.98 Å². The molecule has 1 rings (SSSR count). The molecule has 0 fully saturated rings. The van der Waals surface area contributed by atoms with Crippen molar-refractivity contribution in [1.29, 1.82) is 0 Å². The molecular weight excluding hydrogens is 267 g/mol. The van der Waals surface area contributed by atoms with Crippen LogP contribution in [0.15, 0.2) is 6.07 Å². The van der Waals surface area contributed by atoms with Crippen LogP contribution < -0.4 is 9.47 Å². The Morgan fingerprint density at radius 3 is 2.53 bits per heavy atom. The average molecular weight is 279 g/mol. The smallest absolute Gasteiger partial charge is 0.496 e. The summed E-state index contributed by atoms with van der Waals surface area (Å²) in [5, 5.41) is 0. The molecule has 0 radical (unpaired) electrons. The Bertz CT molecular complexity index is 474. The number of rotatable bonds is 4. The molecule has 106 valence electrons. The van der Waals surface area contributed by atoms with E-state index in [1.165, 1.54) is 20.1 Å². The molecule has 0 unspecified atom stereocenters. The fourth-order valence-corrected chi connectivity index (χ4v) is 1.29. The minimum absolute atomic E-state index is 0.0351. The Hall–Kier alpha value is -1.99. The van der Waals surface area contributed by atoms with Crippen LogP contribution in [-0.2, 0) is 4.74 Å². The first-order valence-electron chi connectivity index (χ1n) is 5.27. The molecule has 0 amide bonds. The molecule has 0 atom stereocenters. The number of pyridine rings is 1. The Morgan fingerprint density at radius 1 is 1.42 bits per heavy atom. The largest absolute Gasteiger partial charge is 0.574 e. The Balaban J connectivity index is 3.22. The van der Waals surface area contributed by atoms with E-state index in [0.717, 1.165) is 0 Å². The quantitative estimate of drug-likeness (QED) is 0.792. The van der Waals surface area contributed by atoms with Gasteiger partial charge in [0.15, 0.2) is 5.69 Å². The highest BCUT2D eigenvalue weighted by molar-refractivity contribution is 5.88. The molecule has 0 aromatic carbocycles. The van der Waals surface area contributed by atoms with Crippen LogP contribution >= 0.6 is 0 Å². The molecule has 0 aliphatic carbocycles. The lowest BCUT2D eigenvalue weighted by atomic mass is 10.2. The second-order valence-electron chi connectivity index (χ2n) is 3.41. The Morgan fingerprint density at radius 2 is 2.05 bits per heavy atom. The van der Waals surface area contributed by atoms with Gasteiger partial charge in [0, 0.05) is 6.07 Å². The highest BCUT2D eigenvalue weighted by atomic mass is 19.4. The van der Waals surface area contributed by atoms with Crippen LogP contribution in [0.2, 0.25) is 0 Å². The molecule has 0 aliphatic heterocycles. The van der Waals surface area contributed by atoms with Gasteiger partial charge in [-0.1, -0.05) is 0 Å². The second-order valence-corrected chi connectivity index (χ2v) is 3.41. The lowest BCUT2D eigenvalue weighted by molar-refractivity contribution is -0.276. The highest BCUT2D eigenvalue weighted by Crippen LogP contribution is 2.30. The first-order chi connectivity index (χ1) is 8.78. The summed E-state index contributed by atoms with van der Waals surface area (Å²) in [6.07, 6.45) is -4.91. The van der Waals surface area contributed by atoms with E-state index < -0.39 is 18.2 Å². The molecule has 1 aromatic heterocycles. The first kappa shape index (κ1) is 15.1. The zero-order chi connectivity index (χ0) is 14.6. The van der Waals surface area contributed by atoms with Gasteiger partial charge in [-0.2, -0.15) is 0 Å². The number of ether oxygens (including phenoxy) is 3. The van der Waals surface area contributed by atoms with Gasteiger partial charge in [-0.3, -0.25) is 0 Å². The van der Waals surface area contributed by atoms with E-state index in [1.54, 1.807) is 6.92 Å². The molecule has 0 N–H and O–H groups in total. The predicted octanol–water partition coefficient (Wildman–Crippen LogP) is 2.47. The predicted molar refractivity (Wildman–Crippen MR) is 58.2 cm³/mol. The van der Waals surface area contributed by atoms with E-state index in [9.17, 15) is 18.0 Å². The molecule has 0 spiro atoms. The number of halogens is 3. The minimum Gasteiger partial charge on any atom is -0.496 e. The summed E-state index contributed by atoms with van der Waals surface area (Å²) in [5.41, 5.74) is -0.281. The minimum atomic E-state index is -4.91. The Labute approximate surface area is 107 Å². The van der Waals surface area contributed by atoms with Gasteiger partial charge in [-0.25, -0.2) is 9.78 Å². The van der Waals surface area contributed by atoms with E-state index in [0.29, 0.717) is 0 Å². The number of carbonyl (C=O) groups is 1. The maximum atomic E-state index is 12.2. The Kier molecular flexibility index (Phi) is 4.57. The van der Waals surface area contributed by atoms with Crippen LogP contribution in [-0.4, -0.2) is 31.0 Å². The van der Waals surface area contributed by atoms with Crippen molar-refractivity contribution < 1.29 is 32.2 Å². The van der Waals surface area contributed by atoms with Gasteiger partial charge >= 0.3 is 12.3 Å². The van der Waals surface area contributed by atoms with Crippen LogP contribution in [0.5, 0.6) is 11.6 Å². The zero-order valence-electron chi connectivity index (χ0n) is 10.5. The zero-order valence-corrected chi connectivity index (χ0v) is 10.5. The van der Waals surface area contributed by atoms with Crippen molar-refractivity contribution in [3.05, 3.63) is 17.3 Å². The lowest BCUT2D eigenvalue weighted by Gasteiger charge is -2.14. The number of esters is 1. The van der Waals surface area contributed by atoms with Gasteiger partial charge in [0.2, 0.25) is 5.88 Å². The van der Waals surface area contributed by atoms with Crippen molar-refractivity contribution in [2.24, 2.45) is 0 Å². The second kappa shape index (κ2) is 5.77. The molecule has 0 aliphatic rings. The maximum absolute atomic E-state index is 12.2. The van der Waals surface area contributed by atoms with Gasteiger partial charge in [-0.05, 0) is 13.8 Å². The number of carbonyl (C=O) groups excluding carboxylic acids is 1. The number of hydrogen-bond donors (Lipinski definition) is 0. The van der Waals surface area contributed by atoms with E-state index in [1.807, 2.05) is 0 Å². The number of aromatic nitrogens is 1. The molecular formula is C11H12F3NO4. The lowest BCUT2D eigenvalue weighted by Crippen LogP contribution is -2.20. The molecule has 0 bridgehead atoms. The highest BCUT2D eigenvalue weighted by Gasteiger charge is 2.33. The van der Waals surface area contributed by atoms with Crippen LogP contribution in [0.25, 0.3) is 0 Å². The fourth-order valence-electron chi connectivity index (χ4n) is 1.29. The monoisotopic (exact) mass is 279 g/mol. The number of hydrogen-bond acceptors (Lipinski definition) is 5. The maximum Gasteiger partial charge on any atom is 0.574 e. The van der Waals surface area contributed by atoms with E-state index >= 15 is 0 Å². The summed E-state index contributed by atoms with van der Waals surface area (Å²) >= 11 is 0. The van der Waals surface area contributed by atoms with E-state index in [4.69, 9.17) is 4.74 Å². The molecule has 1 heterocycles. The average Bonchev–Trinajstić information content (AvgIpc) is 2.30. The van der Waals surface area contributed by atoms with Crippen LogP contribution in [0.4, 0.5) is 13.2 Å². The molecule has 1 aromatic rings. The van der Waals surface area contributed by atoms with Gasteiger partial charge < -0.3 is 14.2 Å². The van der Waals surface area contributed by atoms with Gasteiger partial charge in [0.05, 0.1) is 19.3 Å². The normalized spacial score (nSPS) is 11.1. The summed E-state index contributed by atoms with van der Waals surface area (Å²) in [6, 6.07) is 1.19. The third-order valence-corrected chi connectivity index (χ3v) is 2.10. The van der Waals surface area contributed by atoms with Gasteiger partial charge in [0.25, 0.3) is 0 Å². The van der Waals surface area contributed by atoms with E-state index in [-0.39, 0.29) is 23.6 Å². The topological polar surface area (TPSA) is 57.7 Å². The molecule has 19 heavy (non-hydrogen) atoms. The molecule has 0 saturated carbocycles. The van der Waals surface area contributed by atoms with Crippen molar-refractivity contribution >= 4 is 5.97 Å². The van der Waals surface area contributed by atoms with Crippen molar-refractivity contribution in [2.45, 2.75) is 20.2 Å². The summed E-state index contributed by atoms with van der Waals surface area (Å²) in [6.45, 7) is 2.98. The SMILES string of the molecule is CCOC(=O)c1cc(OC)c(C)c(OC(F)(F)F)n1. The third-order valence-electron chi connectivity index (χ3n) is 2.10. The first-order valence-corrected chi connectivity index (χ1v) is 5.27. The number of nitrogens with zero attached hydrogens (tertiary/aromatic N) is 1. The van der Waals surface area contributed by atoms with E-state index in [2.05, 4.69) is 14.5 Å². The van der Waals surface area contributed by atoms with Crippen LogP contribution in [0.1, 0.15) is 23.0 Å². The van der Waals surface area contributed by atoms with Crippen LogP contribution in [0.3, 0.4) is 0 Å². The van der Waals surface area contributed by atoms with Crippen molar-refractivity contribution in [3.8, 4) is 11.6 Å². The molecule has 8 heteroatoms.